The van der Waals surface area contributed by atoms with Crippen LogP contribution in [0.3, 0.4) is 0 Å². The molecule has 2 N–H and O–H groups in total. The van der Waals surface area contributed by atoms with Gasteiger partial charge in [-0.25, -0.2) is 0 Å². The Labute approximate surface area is 541 Å². The van der Waals surface area contributed by atoms with E-state index in [0.29, 0.717) is 0 Å². The Morgan fingerprint density at radius 2 is 0.656 bits per heavy atom. The van der Waals surface area contributed by atoms with Gasteiger partial charge in [-0.1, -0.05) is 72.8 Å². The van der Waals surface area contributed by atoms with Gasteiger partial charge in [0.1, 0.15) is 34.5 Å². The van der Waals surface area contributed by atoms with Crippen LogP contribution in [0.4, 0.5) is 62.6 Å². The number of rotatable bonds is 19. The van der Waals surface area contributed by atoms with Crippen LogP contribution in [-0.2, 0) is 0 Å². The third-order valence-electron chi connectivity index (χ3n) is 17.3. The number of methoxy groups -OCH3 is 4. The first-order valence-corrected chi connectivity index (χ1v) is 30.9. The van der Waals surface area contributed by atoms with E-state index in [-0.39, 0.29) is 17.5 Å². The van der Waals surface area contributed by atoms with Crippen molar-refractivity contribution in [1.29, 1.82) is 0 Å². The van der Waals surface area contributed by atoms with Crippen molar-refractivity contribution in [3.05, 3.63) is 309 Å². The number of ether oxygens (including phenoxy) is 4. The van der Waals surface area contributed by atoms with E-state index in [4.69, 9.17) is 18.9 Å². The number of hydrogen-bond acceptors (Lipinski definition) is 10. The average Bonchev–Trinajstić information content (AvgIpc) is 1.61. The Morgan fingerprint density at radius 1 is 0.333 bits per heavy atom. The fraction of sp³-hybridized carbons (Fsp3) is 0.0732. The molecule has 1 heterocycles. The van der Waals surface area contributed by atoms with Gasteiger partial charge in [-0.15, -0.1) is 0 Å². The lowest BCUT2D eigenvalue weighted by atomic mass is 9.95. The first-order valence-electron chi connectivity index (χ1n) is 30.9. The summed E-state index contributed by atoms with van der Waals surface area (Å²) >= 11 is 0. The normalized spacial score (nSPS) is 12.7. The van der Waals surface area contributed by atoms with Gasteiger partial charge in [0, 0.05) is 79.0 Å². The molecule has 456 valence electrons. The van der Waals surface area contributed by atoms with Gasteiger partial charge in [0.05, 0.1) is 45.5 Å². The van der Waals surface area contributed by atoms with E-state index in [2.05, 4.69) is 230 Å². The standard InChI is InChI=1S/C82H67N5O6/c1-90-75-44-30-67(31-45-75)83(68-32-46-76(91-2)47-33-68)61-18-10-56(11-19-61)58-14-22-63(23-15-58)85(65-26-40-73(88)41-27-65)71-38-52-81-79(54-71)80-55-72(39-53-82(80)87(81)60-8-6-5-7-9-60)86(66-28-42-74(89)43-29-66)64-24-16-59(17-25-64)57-12-20-62(21-13-57)84(69-34-48-77(92-3)49-35-69)70-36-50-78(93-4)51-37-70/h5-24,26-55,64,88-89H,25H2,1-4H3. The van der Waals surface area contributed by atoms with E-state index in [1.807, 2.05) is 72.8 Å². The van der Waals surface area contributed by atoms with Gasteiger partial charge in [0.2, 0.25) is 0 Å². The van der Waals surface area contributed by atoms with Crippen LogP contribution < -0.4 is 38.5 Å². The van der Waals surface area contributed by atoms with E-state index in [9.17, 15) is 10.2 Å². The van der Waals surface area contributed by atoms with Crippen LogP contribution in [-0.4, -0.2) is 49.3 Å². The molecular formula is C82H67N5O6. The molecule has 12 aromatic carbocycles. The topological polar surface area (TPSA) is 95.3 Å². The Kier molecular flexibility index (Phi) is 16.3. The number of aromatic hydroxyl groups is 2. The van der Waals surface area contributed by atoms with Crippen LogP contribution in [0, 0.1) is 0 Å². The summed E-state index contributed by atoms with van der Waals surface area (Å²) in [5.41, 5.74) is 18.3. The number of phenolic OH excluding ortho intramolecular Hbond substituents is 2. The summed E-state index contributed by atoms with van der Waals surface area (Å²) in [5, 5.41) is 23.4. The second-order valence-electron chi connectivity index (χ2n) is 22.7. The molecular weight excluding hydrogens is 1150 g/mol. The molecule has 0 amide bonds. The van der Waals surface area contributed by atoms with Crippen LogP contribution >= 0.6 is 0 Å². The molecule has 0 fully saturated rings. The van der Waals surface area contributed by atoms with Crippen LogP contribution in [0.5, 0.6) is 34.5 Å². The number of nitrogens with zero attached hydrogens (tertiary/aromatic N) is 5. The van der Waals surface area contributed by atoms with Crippen LogP contribution in [0.25, 0.3) is 44.2 Å². The van der Waals surface area contributed by atoms with E-state index >= 15 is 0 Å². The van der Waals surface area contributed by atoms with E-state index < -0.39 is 0 Å². The molecule has 1 atom stereocenters. The maximum absolute atomic E-state index is 10.6. The van der Waals surface area contributed by atoms with Gasteiger partial charge in [-0.05, 0) is 259 Å². The first kappa shape index (κ1) is 58.6. The first-order chi connectivity index (χ1) is 45.7. The molecule has 1 aliphatic rings. The van der Waals surface area contributed by atoms with Gasteiger partial charge in [-0.3, -0.25) is 0 Å². The Hall–Kier alpha value is -12.1. The van der Waals surface area contributed by atoms with Crippen molar-refractivity contribution in [1.82, 2.24) is 4.57 Å². The van der Waals surface area contributed by atoms with Crippen molar-refractivity contribution < 1.29 is 29.2 Å². The third kappa shape index (κ3) is 11.9. The lowest BCUT2D eigenvalue weighted by molar-refractivity contribution is 0.414. The molecule has 0 saturated carbocycles. The molecule has 1 aliphatic carbocycles. The summed E-state index contributed by atoms with van der Waals surface area (Å²) in [5.74, 6) is 3.56. The van der Waals surface area contributed by atoms with Crippen LogP contribution in [0.15, 0.2) is 303 Å². The minimum absolute atomic E-state index is 0.0620. The smallest absolute Gasteiger partial charge is 0.119 e. The molecule has 0 radical (unpaired) electrons. The van der Waals surface area contributed by atoms with Crippen molar-refractivity contribution in [2.24, 2.45) is 0 Å². The zero-order chi connectivity index (χ0) is 63.4. The summed E-state index contributed by atoms with van der Waals surface area (Å²) in [6.07, 6.45) is 7.58. The molecule has 1 unspecified atom stereocenters. The highest BCUT2D eigenvalue weighted by Gasteiger charge is 2.25. The average molecular weight is 1220 g/mol. The van der Waals surface area contributed by atoms with Crippen LogP contribution in [0.2, 0.25) is 0 Å². The maximum atomic E-state index is 10.6. The number of para-hydroxylation sites is 1. The second kappa shape index (κ2) is 25.8. The lowest BCUT2D eigenvalue weighted by Gasteiger charge is -2.33. The zero-order valence-electron chi connectivity index (χ0n) is 51.9. The monoisotopic (exact) mass is 1220 g/mol. The lowest BCUT2D eigenvalue weighted by Crippen LogP contribution is -2.30. The van der Waals surface area contributed by atoms with Gasteiger partial charge >= 0.3 is 0 Å². The molecule has 0 bridgehead atoms. The van der Waals surface area contributed by atoms with E-state index in [0.717, 1.165) is 142 Å². The fourth-order valence-electron chi connectivity index (χ4n) is 12.6. The SMILES string of the molecule is COc1ccc(N(c2ccc(OC)cc2)c2ccc(C3=CCC(N(c4ccc(O)cc4)c4ccc5c(c4)c4cc(N(c6ccc(O)cc6)c6ccc(-c7ccc(N(c8ccc(OC)cc8)c8ccc(OC)cc8)cc7)cc6)ccc4n5-c4ccccc4)C=C3)cc2)cc1. The minimum Gasteiger partial charge on any atom is -0.508 e. The zero-order valence-corrected chi connectivity index (χ0v) is 51.9. The number of aromatic nitrogens is 1. The fourth-order valence-corrected chi connectivity index (χ4v) is 12.6. The number of fused-ring (bicyclic) bond motifs is 3. The molecule has 0 spiro atoms. The van der Waals surface area contributed by atoms with Gasteiger partial charge in [0.25, 0.3) is 0 Å². The largest absolute Gasteiger partial charge is 0.508 e. The molecule has 11 heteroatoms. The predicted molar refractivity (Wildman–Crippen MR) is 380 cm³/mol. The highest BCUT2D eigenvalue weighted by molar-refractivity contribution is 6.12. The molecule has 0 saturated heterocycles. The van der Waals surface area contributed by atoms with Gasteiger partial charge < -0.3 is 53.3 Å². The molecule has 1 aromatic heterocycles. The van der Waals surface area contributed by atoms with Gasteiger partial charge in [0.15, 0.2) is 0 Å². The molecule has 0 aliphatic heterocycles. The number of anilines is 11. The van der Waals surface area contributed by atoms with Crippen molar-refractivity contribution in [2.45, 2.75) is 12.5 Å². The summed E-state index contributed by atoms with van der Waals surface area (Å²) in [4.78, 5) is 9.06. The molecule has 93 heavy (non-hydrogen) atoms. The predicted octanol–water partition coefficient (Wildman–Crippen LogP) is 20.9. The highest BCUT2D eigenvalue weighted by atomic mass is 16.5. The van der Waals surface area contributed by atoms with Crippen molar-refractivity contribution in [3.8, 4) is 51.3 Å². The summed E-state index contributed by atoms with van der Waals surface area (Å²) in [6, 6.07) is 97.2. The van der Waals surface area contributed by atoms with Gasteiger partial charge in [-0.2, -0.15) is 0 Å². The third-order valence-corrected chi connectivity index (χ3v) is 17.3. The number of benzene rings is 12. The Morgan fingerprint density at radius 3 is 1.03 bits per heavy atom. The summed E-state index contributed by atoms with van der Waals surface area (Å²) in [7, 11) is 6.72. The van der Waals surface area contributed by atoms with Crippen molar-refractivity contribution >= 4 is 89.9 Å². The second-order valence-corrected chi connectivity index (χ2v) is 22.7. The highest BCUT2D eigenvalue weighted by Crippen LogP contribution is 2.45. The summed E-state index contributed by atoms with van der Waals surface area (Å²) in [6.45, 7) is 0. The van der Waals surface area contributed by atoms with Crippen molar-refractivity contribution in [2.75, 3.05) is 48.0 Å². The molecule has 13 aromatic rings. The number of allylic oxidation sites excluding steroid dienone is 2. The van der Waals surface area contributed by atoms with E-state index in [1.165, 1.54) is 0 Å². The Bertz CT molecular complexity index is 4690. The Balaban J connectivity index is 0.800. The number of hydrogen-bond donors (Lipinski definition) is 2. The number of phenols is 2. The van der Waals surface area contributed by atoms with E-state index in [1.54, 1.807) is 52.7 Å². The van der Waals surface area contributed by atoms with Crippen LogP contribution in [0.1, 0.15) is 12.0 Å². The summed E-state index contributed by atoms with van der Waals surface area (Å²) < 4.78 is 24.3. The van der Waals surface area contributed by atoms with Crippen molar-refractivity contribution in [3.63, 3.8) is 0 Å². The molecule has 14 rings (SSSR count). The maximum Gasteiger partial charge on any atom is 0.119 e. The quantitative estimate of drug-likeness (QED) is 0.0815. The minimum atomic E-state index is -0.0620. The molecule has 11 nitrogen and oxygen atoms in total.